The molecule has 2 nitrogen and oxygen atoms in total. The number of thioether (sulfide) groups is 1. The topological polar surface area (TPSA) is 29.1 Å². The van der Waals surface area contributed by atoms with Crippen molar-refractivity contribution in [1.29, 1.82) is 0 Å². The molecule has 0 aromatic heterocycles. The molecule has 1 spiro atoms. The Morgan fingerprint density at radius 3 is 2.59 bits per heavy atom. The van der Waals surface area contributed by atoms with Gasteiger partial charge in [-0.15, -0.1) is 11.8 Å². The molecule has 3 rings (SSSR count). The summed E-state index contributed by atoms with van der Waals surface area (Å²) in [4.78, 5) is 12.4. The maximum atomic E-state index is 12.5. The minimum atomic E-state index is -4.38. The molecule has 1 aromatic carbocycles. The number of benzene rings is 1. The molecule has 0 saturated heterocycles. The molecular formula is C11H8F3NOS. The number of carbonyl (C=O) groups excluding carboxylic acids is 1. The van der Waals surface area contributed by atoms with Crippen molar-refractivity contribution in [3.63, 3.8) is 0 Å². The van der Waals surface area contributed by atoms with Crippen molar-refractivity contribution in [2.45, 2.75) is 28.7 Å². The zero-order chi connectivity index (χ0) is 12.3. The lowest BCUT2D eigenvalue weighted by Crippen LogP contribution is -2.30. The van der Waals surface area contributed by atoms with E-state index >= 15 is 0 Å². The third kappa shape index (κ3) is 1.71. The molecule has 1 amide bonds. The summed E-state index contributed by atoms with van der Waals surface area (Å²) >= 11 is 1.37. The van der Waals surface area contributed by atoms with Crippen LogP contribution in [0.5, 0.6) is 0 Å². The molecule has 1 fully saturated rings. The van der Waals surface area contributed by atoms with Gasteiger partial charge in [0, 0.05) is 4.90 Å². The minimum absolute atomic E-state index is 0.172. The first-order valence-electron chi connectivity index (χ1n) is 5.12. The van der Waals surface area contributed by atoms with E-state index in [4.69, 9.17) is 0 Å². The van der Waals surface area contributed by atoms with Gasteiger partial charge in [-0.05, 0) is 31.0 Å². The number of nitrogens with one attached hydrogen (secondary N) is 1. The molecule has 1 saturated carbocycles. The average molecular weight is 259 g/mol. The van der Waals surface area contributed by atoms with Crippen molar-refractivity contribution in [3.8, 4) is 0 Å². The first-order valence-corrected chi connectivity index (χ1v) is 5.94. The second-order valence-electron chi connectivity index (χ2n) is 4.26. The van der Waals surface area contributed by atoms with Gasteiger partial charge in [0.1, 0.15) is 0 Å². The molecule has 1 N–H and O–H groups in total. The molecule has 6 heteroatoms. The van der Waals surface area contributed by atoms with Gasteiger partial charge in [-0.25, -0.2) is 0 Å². The average Bonchev–Trinajstić information content (AvgIpc) is 2.99. The van der Waals surface area contributed by atoms with E-state index in [2.05, 4.69) is 5.32 Å². The number of fused-ring (bicyclic) bond motifs is 1. The monoisotopic (exact) mass is 259 g/mol. The van der Waals surface area contributed by atoms with Gasteiger partial charge in [0.2, 0.25) is 5.91 Å². The highest BCUT2D eigenvalue weighted by molar-refractivity contribution is 8.02. The van der Waals surface area contributed by atoms with Gasteiger partial charge >= 0.3 is 6.18 Å². The summed E-state index contributed by atoms with van der Waals surface area (Å²) in [5.74, 6) is -0.172. The van der Waals surface area contributed by atoms with Crippen molar-refractivity contribution in [3.05, 3.63) is 23.8 Å². The first-order chi connectivity index (χ1) is 7.91. The number of rotatable bonds is 0. The van der Waals surface area contributed by atoms with Gasteiger partial charge in [0.05, 0.1) is 16.0 Å². The Labute approximate surface area is 99.6 Å². The summed E-state index contributed by atoms with van der Waals surface area (Å²) in [7, 11) is 0. The van der Waals surface area contributed by atoms with E-state index in [1.807, 2.05) is 0 Å². The summed E-state index contributed by atoms with van der Waals surface area (Å²) in [6.07, 6.45) is -2.78. The van der Waals surface area contributed by atoms with E-state index in [1.54, 1.807) is 0 Å². The second-order valence-corrected chi connectivity index (χ2v) is 5.68. The predicted molar refractivity (Wildman–Crippen MR) is 57.9 cm³/mol. The van der Waals surface area contributed by atoms with Crippen LogP contribution in [0.2, 0.25) is 0 Å². The van der Waals surface area contributed by atoms with Crippen LogP contribution in [0.25, 0.3) is 0 Å². The number of anilines is 1. The highest BCUT2D eigenvalue weighted by atomic mass is 32.2. The van der Waals surface area contributed by atoms with E-state index in [9.17, 15) is 18.0 Å². The maximum Gasteiger partial charge on any atom is 0.416 e. The first kappa shape index (κ1) is 11.0. The molecule has 2 aliphatic rings. The van der Waals surface area contributed by atoms with E-state index in [-0.39, 0.29) is 11.6 Å². The van der Waals surface area contributed by atoms with Gasteiger partial charge in [-0.3, -0.25) is 4.79 Å². The van der Waals surface area contributed by atoms with Crippen LogP contribution < -0.4 is 5.32 Å². The fourth-order valence-corrected chi connectivity index (χ4v) is 3.06. The van der Waals surface area contributed by atoms with Crippen LogP contribution in [0.15, 0.2) is 23.1 Å². The zero-order valence-corrected chi connectivity index (χ0v) is 9.41. The van der Waals surface area contributed by atoms with Gasteiger partial charge < -0.3 is 5.32 Å². The van der Waals surface area contributed by atoms with Crippen molar-refractivity contribution in [2.24, 2.45) is 0 Å². The SMILES string of the molecule is O=C1Nc2cc(C(F)(F)F)ccc2SC12CC2. The molecule has 90 valence electrons. The molecular weight excluding hydrogens is 251 g/mol. The second kappa shape index (κ2) is 3.19. The Balaban J connectivity index is 2.00. The van der Waals surface area contributed by atoms with Gasteiger partial charge in [0.15, 0.2) is 0 Å². The van der Waals surface area contributed by atoms with E-state index < -0.39 is 16.5 Å². The summed E-state index contributed by atoms with van der Waals surface area (Å²) in [6, 6.07) is 3.48. The highest BCUT2D eigenvalue weighted by Gasteiger charge is 2.53. The molecule has 0 radical (unpaired) electrons. The Kier molecular flexibility index (Phi) is 2.05. The lowest BCUT2D eigenvalue weighted by molar-refractivity contribution is -0.137. The lowest BCUT2D eigenvalue weighted by atomic mass is 10.2. The third-order valence-corrected chi connectivity index (χ3v) is 4.54. The molecule has 0 atom stereocenters. The number of hydrogen-bond acceptors (Lipinski definition) is 2. The fourth-order valence-electron chi connectivity index (χ4n) is 1.83. The molecule has 0 unspecified atom stereocenters. The highest BCUT2D eigenvalue weighted by Crippen LogP contribution is 2.56. The van der Waals surface area contributed by atoms with Crippen LogP contribution >= 0.6 is 11.8 Å². The van der Waals surface area contributed by atoms with Gasteiger partial charge in [0.25, 0.3) is 0 Å². The predicted octanol–water partition coefficient (Wildman–Crippen LogP) is 3.28. The molecule has 1 aliphatic heterocycles. The third-order valence-electron chi connectivity index (χ3n) is 2.98. The quantitative estimate of drug-likeness (QED) is 0.774. The van der Waals surface area contributed by atoms with E-state index in [1.165, 1.54) is 17.8 Å². The normalized spacial score (nSPS) is 21.0. The number of halogens is 3. The summed E-state index contributed by atoms with van der Waals surface area (Å²) in [5.41, 5.74) is -0.462. The fraction of sp³-hybridized carbons (Fsp3) is 0.364. The van der Waals surface area contributed by atoms with Crippen molar-refractivity contribution < 1.29 is 18.0 Å². The number of carbonyl (C=O) groups is 1. The Hall–Kier alpha value is -1.17. The maximum absolute atomic E-state index is 12.5. The van der Waals surface area contributed by atoms with Crippen LogP contribution in [0.3, 0.4) is 0 Å². The van der Waals surface area contributed by atoms with Crippen molar-refractivity contribution >= 4 is 23.4 Å². The van der Waals surface area contributed by atoms with Crippen LogP contribution in [-0.2, 0) is 11.0 Å². The number of amides is 1. The standard InChI is InChI=1S/C11H8F3NOS/c12-11(13,14)6-1-2-8-7(5-6)15-9(16)10(17-8)3-4-10/h1-2,5H,3-4H2,(H,15,16). The summed E-state index contributed by atoms with van der Waals surface area (Å²) < 4.78 is 37.1. The molecule has 1 aliphatic carbocycles. The van der Waals surface area contributed by atoms with Crippen LogP contribution in [0.1, 0.15) is 18.4 Å². The summed E-state index contributed by atoms with van der Waals surface area (Å²) in [5, 5.41) is 2.57. The lowest BCUT2D eigenvalue weighted by Gasteiger charge is -2.24. The van der Waals surface area contributed by atoms with E-state index in [0.717, 1.165) is 29.9 Å². The number of alkyl halides is 3. The summed E-state index contributed by atoms with van der Waals surface area (Å²) in [6.45, 7) is 0. The van der Waals surface area contributed by atoms with E-state index in [0.29, 0.717) is 0 Å². The zero-order valence-electron chi connectivity index (χ0n) is 8.60. The van der Waals surface area contributed by atoms with Gasteiger partial charge in [-0.1, -0.05) is 0 Å². The number of hydrogen-bond donors (Lipinski definition) is 1. The molecule has 17 heavy (non-hydrogen) atoms. The van der Waals surface area contributed by atoms with Gasteiger partial charge in [-0.2, -0.15) is 13.2 Å². The Morgan fingerprint density at radius 2 is 2.00 bits per heavy atom. The Bertz CT molecular complexity index is 508. The Morgan fingerprint density at radius 1 is 1.29 bits per heavy atom. The smallest absolute Gasteiger partial charge is 0.324 e. The largest absolute Gasteiger partial charge is 0.416 e. The van der Waals surface area contributed by atoms with Crippen LogP contribution in [0.4, 0.5) is 18.9 Å². The van der Waals surface area contributed by atoms with Crippen molar-refractivity contribution in [1.82, 2.24) is 0 Å². The molecule has 1 heterocycles. The molecule has 1 aromatic rings. The van der Waals surface area contributed by atoms with Crippen molar-refractivity contribution in [2.75, 3.05) is 5.32 Å². The minimum Gasteiger partial charge on any atom is -0.324 e. The van der Waals surface area contributed by atoms with Crippen LogP contribution in [-0.4, -0.2) is 10.7 Å². The van der Waals surface area contributed by atoms with Crippen LogP contribution in [0, 0.1) is 0 Å². The molecule has 0 bridgehead atoms.